The van der Waals surface area contributed by atoms with E-state index in [2.05, 4.69) is 4.98 Å². The molecular weight excluding hydrogens is 422 g/mol. The third kappa shape index (κ3) is 4.27. The molecule has 4 rings (SSSR count). The molecule has 0 amide bonds. The predicted octanol–water partition coefficient (Wildman–Crippen LogP) is 5.86. The Labute approximate surface area is 190 Å². The number of ketones is 1. The zero-order valence-electron chi connectivity index (χ0n) is 18.1. The molecule has 32 heavy (non-hydrogen) atoms. The molecule has 3 aromatic carbocycles. The van der Waals surface area contributed by atoms with Crippen molar-refractivity contribution in [3.63, 3.8) is 0 Å². The van der Waals surface area contributed by atoms with Crippen LogP contribution in [-0.2, 0) is 12.0 Å². The zero-order chi connectivity index (χ0) is 22.7. The number of rotatable bonds is 8. The fraction of sp³-hybridized carbons (Fsp3) is 0.192. The minimum atomic E-state index is -0.845. The van der Waals surface area contributed by atoms with Crippen LogP contribution < -0.4 is 9.47 Å². The van der Waals surface area contributed by atoms with Gasteiger partial charge in [0.25, 0.3) is 0 Å². The Bertz CT molecular complexity index is 1260. The summed E-state index contributed by atoms with van der Waals surface area (Å²) < 4.78 is 12.0. The van der Waals surface area contributed by atoms with Crippen LogP contribution in [0.15, 0.2) is 66.7 Å². The van der Waals surface area contributed by atoms with Gasteiger partial charge in [-0.3, -0.25) is 9.59 Å². The van der Waals surface area contributed by atoms with Gasteiger partial charge < -0.3 is 9.47 Å². The van der Waals surface area contributed by atoms with Gasteiger partial charge in [-0.2, -0.15) is 0 Å². The summed E-state index contributed by atoms with van der Waals surface area (Å²) in [4.78, 5) is 29.3. The topological polar surface area (TPSA) is 65.5 Å². The van der Waals surface area contributed by atoms with Gasteiger partial charge in [-0.05, 0) is 55.8 Å². The molecule has 0 unspecified atom stereocenters. The lowest BCUT2D eigenvalue weighted by Gasteiger charge is -2.20. The molecule has 1 aromatic heterocycles. The number of benzene rings is 3. The summed E-state index contributed by atoms with van der Waals surface area (Å²) in [6.45, 7) is 4.19. The monoisotopic (exact) mass is 445 g/mol. The minimum absolute atomic E-state index is 0.0410. The lowest BCUT2D eigenvalue weighted by molar-refractivity contribution is 0.0908. The van der Waals surface area contributed by atoms with Gasteiger partial charge in [-0.1, -0.05) is 30.3 Å². The number of nitrogens with zero attached hydrogens (tertiary/aromatic N) is 1. The van der Waals surface area contributed by atoms with E-state index in [-0.39, 0.29) is 5.78 Å². The standard InChI is InChI=1S/C26H23NO4S/c1-26(2,25-27-23-21(30-3)13-18(15-28)14-22(23)32-25)24(29)19-9-11-20(12-10-19)31-16-17-7-5-4-6-8-17/h4-15H,16H2,1-3H3. The van der Waals surface area contributed by atoms with E-state index in [4.69, 9.17) is 9.47 Å². The van der Waals surface area contributed by atoms with Crippen molar-refractivity contribution in [1.82, 2.24) is 4.98 Å². The van der Waals surface area contributed by atoms with Crippen LogP contribution in [0.5, 0.6) is 11.5 Å². The third-order valence-corrected chi connectivity index (χ3v) is 6.63. The number of thiazole rings is 1. The third-order valence-electron chi connectivity index (χ3n) is 5.31. The maximum absolute atomic E-state index is 13.4. The molecule has 6 heteroatoms. The quantitative estimate of drug-likeness (QED) is 0.251. The zero-order valence-corrected chi connectivity index (χ0v) is 18.9. The molecule has 0 bridgehead atoms. The van der Waals surface area contributed by atoms with Gasteiger partial charge in [0.2, 0.25) is 0 Å². The summed E-state index contributed by atoms with van der Waals surface area (Å²) in [6.07, 6.45) is 0.777. The van der Waals surface area contributed by atoms with E-state index in [9.17, 15) is 9.59 Å². The van der Waals surface area contributed by atoms with Crippen molar-refractivity contribution < 1.29 is 19.1 Å². The molecule has 0 aliphatic carbocycles. The van der Waals surface area contributed by atoms with Crippen LogP contribution in [0.25, 0.3) is 10.2 Å². The van der Waals surface area contributed by atoms with Gasteiger partial charge in [0.1, 0.15) is 34.9 Å². The predicted molar refractivity (Wildman–Crippen MR) is 126 cm³/mol. The first-order chi connectivity index (χ1) is 15.4. The molecule has 0 aliphatic heterocycles. The number of fused-ring (bicyclic) bond motifs is 1. The number of hydrogen-bond acceptors (Lipinski definition) is 6. The minimum Gasteiger partial charge on any atom is -0.494 e. The van der Waals surface area contributed by atoms with Crippen LogP contribution in [0.1, 0.15) is 45.1 Å². The number of aromatic nitrogens is 1. The van der Waals surface area contributed by atoms with Gasteiger partial charge in [0.15, 0.2) is 5.78 Å². The van der Waals surface area contributed by atoms with E-state index >= 15 is 0 Å². The van der Waals surface area contributed by atoms with Crippen LogP contribution >= 0.6 is 11.3 Å². The number of aldehydes is 1. The Balaban J connectivity index is 1.56. The van der Waals surface area contributed by atoms with Crippen molar-refractivity contribution in [3.05, 3.63) is 88.4 Å². The number of hydrogen-bond donors (Lipinski definition) is 0. The fourth-order valence-corrected chi connectivity index (χ4v) is 4.54. The van der Waals surface area contributed by atoms with Crippen LogP contribution in [0.2, 0.25) is 0 Å². The Morgan fingerprint density at radius 1 is 1.06 bits per heavy atom. The SMILES string of the molecule is COc1cc(C=O)cc2sc(C(C)(C)C(=O)c3ccc(OCc4ccccc4)cc3)nc12. The van der Waals surface area contributed by atoms with Crippen LogP contribution in [0.3, 0.4) is 0 Å². The summed E-state index contributed by atoms with van der Waals surface area (Å²) in [5, 5.41) is 0.670. The second-order valence-corrected chi connectivity index (χ2v) is 8.99. The highest BCUT2D eigenvalue weighted by molar-refractivity contribution is 7.18. The number of carbonyl (C=O) groups is 2. The lowest BCUT2D eigenvalue weighted by Crippen LogP contribution is -2.29. The van der Waals surface area contributed by atoms with Gasteiger partial charge in [0.05, 0.1) is 17.2 Å². The summed E-state index contributed by atoms with van der Waals surface area (Å²) >= 11 is 1.40. The maximum Gasteiger partial charge on any atom is 0.175 e. The molecule has 0 atom stereocenters. The molecule has 5 nitrogen and oxygen atoms in total. The largest absolute Gasteiger partial charge is 0.494 e. The average Bonchev–Trinajstić information content (AvgIpc) is 3.28. The highest BCUT2D eigenvalue weighted by atomic mass is 32.1. The fourth-order valence-electron chi connectivity index (χ4n) is 3.41. The summed E-state index contributed by atoms with van der Waals surface area (Å²) in [7, 11) is 1.54. The van der Waals surface area contributed by atoms with E-state index in [0.29, 0.717) is 39.8 Å². The average molecular weight is 446 g/mol. The van der Waals surface area contributed by atoms with Crippen molar-refractivity contribution in [2.45, 2.75) is 25.9 Å². The Kier molecular flexibility index (Phi) is 6.06. The normalized spacial score (nSPS) is 11.3. The molecule has 0 radical (unpaired) electrons. The van der Waals surface area contributed by atoms with E-state index < -0.39 is 5.41 Å². The van der Waals surface area contributed by atoms with Gasteiger partial charge in [-0.25, -0.2) is 4.98 Å². The van der Waals surface area contributed by atoms with Crippen LogP contribution in [0.4, 0.5) is 0 Å². The first kappa shape index (κ1) is 21.7. The van der Waals surface area contributed by atoms with Gasteiger partial charge in [0, 0.05) is 11.1 Å². The molecule has 0 saturated carbocycles. The van der Waals surface area contributed by atoms with Crippen molar-refractivity contribution >= 4 is 33.6 Å². The van der Waals surface area contributed by atoms with E-state index in [0.717, 1.165) is 16.5 Å². The van der Waals surface area contributed by atoms with E-state index in [1.807, 2.05) is 56.3 Å². The Morgan fingerprint density at radius 2 is 1.78 bits per heavy atom. The maximum atomic E-state index is 13.4. The molecule has 0 spiro atoms. The molecule has 0 fully saturated rings. The first-order valence-corrected chi connectivity index (χ1v) is 11.0. The number of ether oxygens (including phenoxy) is 2. The number of Topliss-reactive ketones (excluding diaryl/α,β-unsaturated/α-hetero) is 1. The van der Waals surface area contributed by atoms with E-state index in [1.165, 1.54) is 11.3 Å². The van der Waals surface area contributed by atoms with Crippen molar-refractivity contribution in [3.8, 4) is 11.5 Å². The second kappa shape index (κ2) is 8.93. The van der Waals surface area contributed by atoms with E-state index in [1.54, 1.807) is 31.4 Å². The summed E-state index contributed by atoms with van der Waals surface area (Å²) in [5.74, 6) is 1.19. The molecule has 0 aliphatic rings. The molecule has 0 saturated heterocycles. The molecule has 0 N–H and O–H groups in total. The second-order valence-electron chi connectivity index (χ2n) is 7.96. The molecular formula is C26H23NO4S. The van der Waals surface area contributed by atoms with Crippen LogP contribution in [0, 0.1) is 0 Å². The number of carbonyl (C=O) groups excluding carboxylic acids is 2. The molecule has 4 aromatic rings. The highest BCUT2D eigenvalue weighted by Crippen LogP contribution is 2.38. The summed E-state index contributed by atoms with van der Waals surface area (Å²) in [5.41, 5.74) is 1.99. The van der Waals surface area contributed by atoms with Gasteiger partial charge >= 0.3 is 0 Å². The van der Waals surface area contributed by atoms with Crippen molar-refractivity contribution in [1.29, 1.82) is 0 Å². The number of methoxy groups -OCH3 is 1. The highest BCUT2D eigenvalue weighted by Gasteiger charge is 2.34. The smallest absolute Gasteiger partial charge is 0.175 e. The summed E-state index contributed by atoms with van der Waals surface area (Å²) in [6, 6.07) is 20.5. The van der Waals surface area contributed by atoms with Gasteiger partial charge in [-0.15, -0.1) is 11.3 Å². The molecule has 1 heterocycles. The Morgan fingerprint density at radius 3 is 2.44 bits per heavy atom. The Hall–Kier alpha value is -3.51. The van der Waals surface area contributed by atoms with Crippen molar-refractivity contribution in [2.24, 2.45) is 0 Å². The van der Waals surface area contributed by atoms with Crippen molar-refractivity contribution in [2.75, 3.05) is 7.11 Å². The van der Waals surface area contributed by atoms with Crippen LogP contribution in [-0.4, -0.2) is 24.2 Å². The lowest BCUT2D eigenvalue weighted by atomic mass is 9.85. The first-order valence-electron chi connectivity index (χ1n) is 10.2. The molecule has 162 valence electrons.